The van der Waals surface area contributed by atoms with Gasteiger partial charge in [-0.3, -0.25) is 0 Å². The lowest BCUT2D eigenvalue weighted by Gasteiger charge is -2.21. The summed E-state index contributed by atoms with van der Waals surface area (Å²) in [6, 6.07) is 5.31. The monoisotopic (exact) mass is 368 g/mol. The predicted molar refractivity (Wildman–Crippen MR) is 100 cm³/mol. The Morgan fingerprint density at radius 2 is 1.96 bits per heavy atom. The molecule has 0 aliphatic carbocycles. The predicted octanol–water partition coefficient (Wildman–Crippen LogP) is 3.35. The summed E-state index contributed by atoms with van der Waals surface area (Å²) in [5.41, 5.74) is 1.63. The molecule has 0 saturated carbocycles. The highest BCUT2D eigenvalue weighted by Gasteiger charge is 2.23. The van der Waals surface area contributed by atoms with Gasteiger partial charge in [0.05, 0.1) is 6.61 Å². The van der Waals surface area contributed by atoms with E-state index >= 15 is 0 Å². The number of nitrogens with zero attached hydrogens (tertiary/aromatic N) is 1. The van der Waals surface area contributed by atoms with Crippen LogP contribution in [0.4, 0.5) is 0 Å². The van der Waals surface area contributed by atoms with Crippen molar-refractivity contribution >= 4 is 21.3 Å². The second-order valence-electron chi connectivity index (χ2n) is 7.32. The van der Waals surface area contributed by atoms with E-state index in [1.54, 1.807) is 12.1 Å². The Kier molecular flexibility index (Phi) is 6.13. The first-order chi connectivity index (χ1) is 11.6. The van der Waals surface area contributed by atoms with Crippen molar-refractivity contribution in [3.05, 3.63) is 30.0 Å². The normalized spacial score (nSPS) is 12.9. The molecule has 2 rings (SSSR count). The smallest absolute Gasteiger partial charge is 0.361 e. The standard InChI is InChI=1S/C18H28N2O4S/c1-6-18(2,3)13-23-25(21,22)24-16-9-7-8-15-17(16)14(12-19-15)10-11-20(4)5/h7-9,12,19H,6,10-11,13H2,1-5H3. The van der Waals surface area contributed by atoms with Crippen LogP contribution in [0.3, 0.4) is 0 Å². The maximum Gasteiger partial charge on any atom is 0.449 e. The molecular formula is C18H28N2O4S. The average molecular weight is 368 g/mol. The summed E-state index contributed by atoms with van der Waals surface area (Å²) >= 11 is 0. The zero-order valence-corrected chi connectivity index (χ0v) is 16.4. The molecule has 7 heteroatoms. The molecule has 0 unspecified atom stereocenters. The van der Waals surface area contributed by atoms with Crippen molar-refractivity contribution in [3.8, 4) is 5.75 Å². The molecule has 0 radical (unpaired) electrons. The average Bonchev–Trinajstić information content (AvgIpc) is 2.95. The molecule has 1 aromatic carbocycles. The van der Waals surface area contributed by atoms with Crippen LogP contribution in [0.15, 0.2) is 24.4 Å². The third-order valence-electron chi connectivity index (χ3n) is 4.32. The van der Waals surface area contributed by atoms with Crippen LogP contribution in [-0.2, 0) is 21.0 Å². The number of fused-ring (bicyclic) bond motifs is 1. The van der Waals surface area contributed by atoms with E-state index in [9.17, 15) is 8.42 Å². The van der Waals surface area contributed by atoms with Crippen molar-refractivity contribution < 1.29 is 16.8 Å². The van der Waals surface area contributed by atoms with E-state index in [-0.39, 0.29) is 12.0 Å². The zero-order chi connectivity index (χ0) is 18.7. The molecule has 1 heterocycles. The molecule has 0 amide bonds. The molecular weight excluding hydrogens is 340 g/mol. The number of H-pyrrole nitrogens is 1. The summed E-state index contributed by atoms with van der Waals surface area (Å²) in [7, 11) is -0.120. The minimum Gasteiger partial charge on any atom is -0.361 e. The van der Waals surface area contributed by atoms with Gasteiger partial charge >= 0.3 is 10.4 Å². The number of hydrogen-bond acceptors (Lipinski definition) is 5. The lowest BCUT2D eigenvalue weighted by atomic mass is 9.92. The van der Waals surface area contributed by atoms with Crippen LogP contribution < -0.4 is 4.18 Å². The van der Waals surface area contributed by atoms with Gasteiger partial charge in [0.25, 0.3) is 0 Å². The molecule has 6 nitrogen and oxygen atoms in total. The van der Waals surface area contributed by atoms with E-state index in [2.05, 4.69) is 9.88 Å². The molecule has 0 bridgehead atoms. The number of nitrogens with one attached hydrogen (secondary N) is 1. The molecule has 25 heavy (non-hydrogen) atoms. The van der Waals surface area contributed by atoms with Gasteiger partial charge in [-0.25, -0.2) is 4.18 Å². The summed E-state index contributed by atoms with van der Waals surface area (Å²) in [5.74, 6) is 0.293. The molecule has 0 spiro atoms. The maximum atomic E-state index is 12.2. The largest absolute Gasteiger partial charge is 0.449 e. The Morgan fingerprint density at radius 3 is 2.60 bits per heavy atom. The topological polar surface area (TPSA) is 71.6 Å². The number of aromatic amines is 1. The van der Waals surface area contributed by atoms with Gasteiger partial charge in [0.1, 0.15) is 0 Å². The van der Waals surface area contributed by atoms with E-state index in [1.165, 1.54) is 0 Å². The van der Waals surface area contributed by atoms with Crippen LogP contribution in [0.5, 0.6) is 5.75 Å². The van der Waals surface area contributed by atoms with Crippen LogP contribution in [-0.4, -0.2) is 45.5 Å². The van der Waals surface area contributed by atoms with Crippen molar-refractivity contribution in [2.75, 3.05) is 27.2 Å². The number of rotatable bonds is 9. The van der Waals surface area contributed by atoms with Gasteiger partial charge in [0.15, 0.2) is 5.75 Å². The summed E-state index contributed by atoms with van der Waals surface area (Å²) in [5, 5.41) is 0.784. The quantitative estimate of drug-likeness (QED) is 0.735. The Balaban J connectivity index is 2.23. The van der Waals surface area contributed by atoms with Crippen molar-refractivity contribution in [2.45, 2.75) is 33.6 Å². The number of benzene rings is 1. The molecule has 1 N–H and O–H groups in total. The van der Waals surface area contributed by atoms with Crippen molar-refractivity contribution in [2.24, 2.45) is 5.41 Å². The Morgan fingerprint density at radius 1 is 1.24 bits per heavy atom. The molecule has 0 saturated heterocycles. The first-order valence-electron chi connectivity index (χ1n) is 8.46. The fraction of sp³-hybridized carbons (Fsp3) is 0.556. The van der Waals surface area contributed by atoms with Crippen LogP contribution in [0.25, 0.3) is 10.9 Å². The van der Waals surface area contributed by atoms with Gasteiger partial charge in [-0.15, -0.1) is 0 Å². The molecule has 0 aliphatic rings. The highest BCUT2D eigenvalue weighted by atomic mass is 32.3. The first kappa shape index (κ1) is 19.8. The molecule has 1 aromatic heterocycles. The molecule has 0 aliphatic heterocycles. The molecule has 140 valence electrons. The van der Waals surface area contributed by atoms with Gasteiger partial charge in [0, 0.05) is 23.6 Å². The minimum atomic E-state index is -4.12. The first-order valence-corrected chi connectivity index (χ1v) is 9.79. The Bertz CT molecular complexity index is 810. The Hall–Kier alpha value is -1.57. The van der Waals surface area contributed by atoms with Crippen LogP contribution >= 0.6 is 0 Å². The van der Waals surface area contributed by atoms with E-state index in [4.69, 9.17) is 8.37 Å². The van der Waals surface area contributed by atoms with Gasteiger partial charge in [-0.2, -0.15) is 8.42 Å². The third-order valence-corrected chi connectivity index (χ3v) is 5.11. The second kappa shape index (κ2) is 7.76. The number of hydrogen-bond donors (Lipinski definition) is 1. The third kappa shape index (κ3) is 5.45. The fourth-order valence-electron chi connectivity index (χ4n) is 2.30. The summed E-state index contributed by atoms with van der Waals surface area (Å²) in [6.07, 6.45) is 3.50. The van der Waals surface area contributed by atoms with Crippen LogP contribution in [0, 0.1) is 5.41 Å². The summed E-state index contributed by atoms with van der Waals surface area (Å²) in [4.78, 5) is 5.25. The lowest BCUT2D eigenvalue weighted by Crippen LogP contribution is -2.23. The van der Waals surface area contributed by atoms with E-state index in [1.807, 2.05) is 47.1 Å². The highest BCUT2D eigenvalue weighted by Crippen LogP contribution is 2.31. The van der Waals surface area contributed by atoms with E-state index in [0.29, 0.717) is 5.75 Å². The summed E-state index contributed by atoms with van der Waals surface area (Å²) in [6.45, 7) is 6.84. The van der Waals surface area contributed by atoms with E-state index < -0.39 is 10.4 Å². The fourth-order valence-corrected chi connectivity index (χ4v) is 3.17. The SMILES string of the molecule is CCC(C)(C)COS(=O)(=O)Oc1cccc2[nH]cc(CCN(C)C)c12. The number of likely N-dealkylation sites (N-methyl/N-ethyl adjacent to an activating group) is 1. The number of aromatic nitrogens is 1. The van der Waals surface area contributed by atoms with Gasteiger partial charge in [-0.05, 0) is 50.0 Å². The summed E-state index contributed by atoms with van der Waals surface area (Å²) < 4.78 is 34.8. The molecule has 0 atom stereocenters. The minimum absolute atomic E-state index is 0.0857. The van der Waals surface area contributed by atoms with Gasteiger partial charge in [0.2, 0.25) is 0 Å². The van der Waals surface area contributed by atoms with Crippen molar-refractivity contribution in [3.63, 3.8) is 0 Å². The molecule has 2 aromatic rings. The maximum absolute atomic E-state index is 12.2. The van der Waals surface area contributed by atoms with Crippen molar-refractivity contribution in [1.82, 2.24) is 9.88 Å². The highest BCUT2D eigenvalue weighted by molar-refractivity contribution is 7.82. The van der Waals surface area contributed by atoms with Gasteiger partial charge < -0.3 is 14.1 Å². The zero-order valence-electron chi connectivity index (χ0n) is 15.6. The lowest BCUT2D eigenvalue weighted by molar-refractivity contribution is 0.165. The van der Waals surface area contributed by atoms with Crippen LogP contribution in [0.1, 0.15) is 32.8 Å². The second-order valence-corrected chi connectivity index (χ2v) is 8.54. The van der Waals surface area contributed by atoms with E-state index in [0.717, 1.165) is 35.9 Å². The Labute approximate surface area is 150 Å². The van der Waals surface area contributed by atoms with Gasteiger partial charge in [-0.1, -0.05) is 26.8 Å². The molecule has 0 fully saturated rings. The van der Waals surface area contributed by atoms with Crippen molar-refractivity contribution in [1.29, 1.82) is 0 Å². The van der Waals surface area contributed by atoms with Crippen LogP contribution in [0.2, 0.25) is 0 Å².